The molecule has 162 valence electrons. The second-order valence-electron chi connectivity index (χ2n) is 7.30. The van der Waals surface area contributed by atoms with Gasteiger partial charge in [-0.25, -0.2) is 13.2 Å². The van der Waals surface area contributed by atoms with Crippen LogP contribution in [0, 0.1) is 0 Å². The molecular weight excluding hydrogens is 438 g/mol. The summed E-state index contributed by atoms with van der Waals surface area (Å²) in [4.78, 5) is 17.8. The fourth-order valence-corrected chi connectivity index (χ4v) is 4.88. The van der Waals surface area contributed by atoms with Gasteiger partial charge in [0.15, 0.2) is 0 Å². The first kappa shape index (κ1) is 21.5. The molecule has 0 unspecified atom stereocenters. The van der Waals surface area contributed by atoms with Gasteiger partial charge in [-0.05, 0) is 44.1 Å². The molecule has 5 rings (SSSR count). The van der Waals surface area contributed by atoms with Crippen molar-refractivity contribution in [3.8, 4) is 0 Å². The van der Waals surface area contributed by atoms with Crippen LogP contribution < -0.4 is 10.2 Å². The third-order valence-corrected chi connectivity index (χ3v) is 6.68. The van der Waals surface area contributed by atoms with Crippen molar-refractivity contribution in [2.45, 2.75) is 30.4 Å². The Morgan fingerprint density at radius 1 is 1.03 bits per heavy atom. The zero-order valence-electron chi connectivity index (χ0n) is 16.7. The van der Waals surface area contributed by atoms with E-state index in [0.717, 1.165) is 42.6 Å². The highest BCUT2D eigenvalue weighted by Gasteiger charge is 2.32. The standard InChI is InChI=1S/C13H16N2O2.C9H6ClNO2S/c16-13-15(11-5-7-14-8-6-11)12-4-2-1-3-10(12)9-17-13;10-14(12,13)8-5-1-3-7-4-2-6-11-9(7)8/h1-4,11,14H,5-9H2;1-6H. The number of amides is 1. The van der Waals surface area contributed by atoms with Crippen molar-refractivity contribution in [1.82, 2.24) is 10.3 Å². The minimum atomic E-state index is -3.72. The van der Waals surface area contributed by atoms with E-state index in [-0.39, 0.29) is 17.0 Å². The van der Waals surface area contributed by atoms with E-state index in [4.69, 9.17) is 15.4 Å². The quantitative estimate of drug-likeness (QED) is 0.581. The molecule has 1 fully saturated rings. The van der Waals surface area contributed by atoms with E-state index in [9.17, 15) is 13.2 Å². The highest BCUT2D eigenvalue weighted by molar-refractivity contribution is 8.14. The van der Waals surface area contributed by atoms with Crippen LogP contribution in [-0.4, -0.2) is 38.6 Å². The number of benzene rings is 2. The largest absolute Gasteiger partial charge is 0.444 e. The number of hydrogen-bond donors (Lipinski definition) is 1. The number of carbonyl (C=O) groups excluding carboxylic acids is 1. The van der Waals surface area contributed by atoms with E-state index >= 15 is 0 Å². The van der Waals surface area contributed by atoms with E-state index < -0.39 is 9.05 Å². The van der Waals surface area contributed by atoms with Gasteiger partial charge in [-0.1, -0.05) is 36.4 Å². The third kappa shape index (κ3) is 4.81. The van der Waals surface area contributed by atoms with Crippen molar-refractivity contribution < 1.29 is 17.9 Å². The van der Waals surface area contributed by atoms with Gasteiger partial charge < -0.3 is 10.1 Å². The molecule has 9 heteroatoms. The van der Waals surface area contributed by atoms with Crippen molar-refractivity contribution in [3.63, 3.8) is 0 Å². The molecule has 0 radical (unpaired) electrons. The van der Waals surface area contributed by atoms with Crippen LogP contribution in [0.4, 0.5) is 10.5 Å². The molecule has 0 bridgehead atoms. The number of rotatable bonds is 2. The highest BCUT2D eigenvalue weighted by atomic mass is 35.7. The molecule has 0 atom stereocenters. The van der Waals surface area contributed by atoms with Crippen LogP contribution in [0.15, 0.2) is 65.7 Å². The minimum Gasteiger partial charge on any atom is -0.444 e. The Balaban J connectivity index is 0.000000152. The van der Waals surface area contributed by atoms with Crippen LogP contribution in [0.5, 0.6) is 0 Å². The molecule has 3 heterocycles. The maximum Gasteiger partial charge on any atom is 0.414 e. The lowest BCUT2D eigenvalue weighted by Crippen LogP contribution is -2.48. The smallest absolute Gasteiger partial charge is 0.414 e. The summed E-state index contributed by atoms with van der Waals surface area (Å²) < 4.78 is 27.6. The number of halogens is 1. The normalized spacial score (nSPS) is 16.8. The number of aromatic nitrogens is 1. The molecule has 3 aromatic rings. The summed E-state index contributed by atoms with van der Waals surface area (Å²) in [6.45, 7) is 2.34. The first-order chi connectivity index (χ1) is 14.9. The van der Waals surface area contributed by atoms with Gasteiger partial charge >= 0.3 is 6.09 Å². The Labute approximate surface area is 185 Å². The molecule has 2 aliphatic heterocycles. The molecule has 2 aromatic carbocycles. The topological polar surface area (TPSA) is 88.6 Å². The molecule has 2 aliphatic rings. The van der Waals surface area contributed by atoms with E-state index in [1.165, 1.54) is 12.3 Å². The first-order valence-electron chi connectivity index (χ1n) is 9.98. The van der Waals surface area contributed by atoms with Crippen LogP contribution >= 0.6 is 10.7 Å². The number of nitrogens with one attached hydrogen (secondary N) is 1. The number of piperidine rings is 1. The van der Waals surface area contributed by atoms with Crippen LogP contribution in [0.25, 0.3) is 10.9 Å². The molecule has 1 aromatic heterocycles. The van der Waals surface area contributed by atoms with Gasteiger partial charge in [-0.3, -0.25) is 9.88 Å². The summed E-state index contributed by atoms with van der Waals surface area (Å²) >= 11 is 0. The van der Waals surface area contributed by atoms with E-state index in [1.54, 1.807) is 24.3 Å². The summed E-state index contributed by atoms with van der Waals surface area (Å²) in [7, 11) is 1.55. The molecular formula is C22H22ClN3O4S. The van der Waals surface area contributed by atoms with Gasteiger partial charge in [-0.2, -0.15) is 0 Å². The van der Waals surface area contributed by atoms with Crippen molar-refractivity contribution in [1.29, 1.82) is 0 Å². The molecule has 1 N–H and O–H groups in total. The van der Waals surface area contributed by atoms with Gasteiger partial charge in [0.2, 0.25) is 0 Å². The number of cyclic esters (lactones) is 1. The Morgan fingerprint density at radius 2 is 1.77 bits per heavy atom. The van der Waals surface area contributed by atoms with Crippen molar-refractivity contribution in [2.24, 2.45) is 0 Å². The molecule has 0 saturated carbocycles. The van der Waals surface area contributed by atoms with Gasteiger partial charge in [0.05, 0.1) is 11.2 Å². The molecule has 1 saturated heterocycles. The van der Waals surface area contributed by atoms with Gasteiger partial charge in [0.25, 0.3) is 9.05 Å². The third-order valence-electron chi connectivity index (χ3n) is 5.33. The number of hydrogen-bond acceptors (Lipinski definition) is 6. The monoisotopic (exact) mass is 459 g/mol. The summed E-state index contributed by atoms with van der Waals surface area (Å²) in [5, 5.41) is 4.07. The van der Waals surface area contributed by atoms with Gasteiger partial charge in [-0.15, -0.1) is 0 Å². The zero-order valence-corrected chi connectivity index (χ0v) is 18.3. The average Bonchev–Trinajstić information content (AvgIpc) is 2.79. The lowest BCUT2D eigenvalue weighted by molar-refractivity contribution is 0.137. The summed E-state index contributed by atoms with van der Waals surface area (Å²) in [6, 6.07) is 16.7. The number of carbonyl (C=O) groups is 1. The van der Waals surface area contributed by atoms with Gasteiger partial charge in [0, 0.05) is 33.9 Å². The Kier molecular flexibility index (Phi) is 6.41. The molecule has 0 spiro atoms. The Morgan fingerprint density at radius 3 is 2.55 bits per heavy atom. The lowest BCUT2D eigenvalue weighted by atomic mass is 10.0. The predicted octanol–water partition coefficient (Wildman–Crippen LogP) is 4.06. The second-order valence-corrected chi connectivity index (χ2v) is 9.84. The van der Waals surface area contributed by atoms with E-state index in [0.29, 0.717) is 12.1 Å². The van der Waals surface area contributed by atoms with Crippen molar-refractivity contribution >= 4 is 42.4 Å². The van der Waals surface area contributed by atoms with Gasteiger partial charge in [0.1, 0.15) is 11.5 Å². The van der Waals surface area contributed by atoms with E-state index in [1.807, 2.05) is 29.2 Å². The lowest BCUT2D eigenvalue weighted by Gasteiger charge is -2.37. The summed E-state index contributed by atoms with van der Waals surface area (Å²) in [5.74, 6) is 0. The van der Waals surface area contributed by atoms with Crippen LogP contribution in [0.3, 0.4) is 0 Å². The second kappa shape index (κ2) is 9.21. The number of nitrogens with zero attached hydrogens (tertiary/aromatic N) is 2. The van der Waals surface area contributed by atoms with Crippen LogP contribution in [0.2, 0.25) is 0 Å². The van der Waals surface area contributed by atoms with E-state index in [2.05, 4.69) is 10.3 Å². The number of ether oxygens (including phenoxy) is 1. The van der Waals surface area contributed by atoms with Crippen molar-refractivity contribution in [3.05, 3.63) is 66.4 Å². The Bertz CT molecular complexity index is 1190. The molecule has 7 nitrogen and oxygen atoms in total. The summed E-state index contributed by atoms with van der Waals surface area (Å²) in [5.41, 5.74) is 2.53. The van der Waals surface area contributed by atoms with Crippen LogP contribution in [-0.2, 0) is 20.4 Å². The highest BCUT2D eigenvalue weighted by Crippen LogP contribution is 2.30. The molecule has 1 amide bonds. The average molecular weight is 460 g/mol. The number of anilines is 1. The van der Waals surface area contributed by atoms with Crippen molar-refractivity contribution in [2.75, 3.05) is 18.0 Å². The minimum absolute atomic E-state index is 0.0530. The molecule has 31 heavy (non-hydrogen) atoms. The number of fused-ring (bicyclic) bond motifs is 2. The predicted molar refractivity (Wildman–Crippen MR) is 120 cm³/mol. The molecule has 0 aliphatic carbocycles. The maximum atomic E-state index is 11.9. The number of para-hydroxylation sites is 2. The fourth-order valence-electron chi connectivity index (χ4n) is 3.86. The first-order valence-corrected chi connectivity index (χ1v) is 12.3. The zero-order chi connectivity index (χ0) is 21.8. The Hall–Kier alpha value is -2.68. The van der Waals surface area contributed by atoms with Crippen LogP contribution in [0.1, 0.15) is 18.4 Å². The fraction of sp³-hybridized carbons (Fsp3) is 0.273. The maximum absolute atomic E-state index is 11.9. The summed E-state index contributed by atoms with van der Waals surface area (Å²) in [6.07, 6.45) is 3.32. The SMILES string of the molecule is O=C1OCc2ccccc2N1C1CCNCC1.O=S(=O)(Cl)c1cccc2cccnc12. The number of pyridine rings is 1.